The molecule has 0 spiro atoms. The van der Waals surface area contributed by atoms with Gasteiger partial charge in [-0.25, -0.2) is 0 Å². The second kappa shape index (κ2) is 7.59. The maximum atomic E-state index is 11.8. The van der Waals surface area contributed by atoms with Crippen molar-refractivity contribution in [1.29, 1.82) is 0 Å². The van der Waals surface area contributed by atoms with Gasteiger partial charge in [-0.15, -0.1) is 11.3 Å². The highest BCUT2D eigenvalue weighted by Crippen LogP contribution is 2.17. The van der Waals surface area contributed by atoms with E-state index in [0.717, 1.165) is 4.88 Å². The van der Waals surface area contributed by atoms with Crippen LogP contribution in [0.25, 0.3) is 0 Å². The molecule has 1 saturated heterocycles. The molecule has 1 unspecified atom stereocenters. The monoisotopic (exact) mass is 284 g/mol. The first-order valence-electron chi connectivity index (χ1n) is 6.55. The molecule has 0 radical (unpaired) electrons. The van der Waals surface area contributed by atoms with Crippen LogP contribution < -0.4 is 5.32 Å². The minimum Gasteiger partial charge on any atom is -0.386 e. The van der Waals surface area contributed by atoms with Crippen LogP contribution in [0.3, 0.4) is 0 Å². The Balaban J connectivity index is 1.59. The van der Waals surface area contributed by atoms with E-state index in [-0.39, 0.29) is 5.91 Å². The van der Waals surface area contributed by atoms with E-state index in [9.17, 15) is 9.90 Å². The standard InChI is InChI=1S/C13H20N2O3S/c16-11(12-2-1-9-19-12)10-14-4-3-13(17)15-5-7-18-8-6-15/h1-2,9,11,14,16H,3-8,10H2. The Kier molecular flexibility index (Phi) is 5.78. The summed E-state index contributed by atoms with van der Waals surface area (Å²) in [4.78, 5) is 14.6. The van der Waals surface area contributed by atoms with Gasteiger partial charge in [-0.2, -0.15) is 0 Å². The van der Waals surface area contributed by atoms with Crippen LogP contribution in [-0.4, -0.2) is 55.3 Å². The number of amides is 1. The summed E-state index contributed by atoms with van der Waals surface area (Å²) in [5.41, 5.74) is 0. The van der Waals surface area contributed by atoms with E-state index >= 15 is 0 Å². The van der Waals surface area contributed by atoms with Crippen molar-refractivity contribution in [1.82, 2.24) is 10.2 Å². The van der Waals surface area contributed by atoms with Crippen LogP contribution in [0.15, 0.2) is 17.5 Å². The third kappa shape index (κ3) is 4.58. The number of hydrogen-bond donors (Lipinski definition) is 2. The highest BCUT2D eigenvalue weighted by Gasteiger charge is 2.16. The third-order valence-electron chi connectivity index (χ3n) is 3.09. The van der Waals surface area contributed by atoms with Gasteiger partial charge in [0.2, 0.25) is 5.91 Å². The fourth-order valence-electron chi connectivity index (χ4n) is 1.99. The summed E-state index contributed by atoms with van der Waals surface area (Å²) in [6.45, 7) is 3.73. The molecule has 19 heavy (non-hydrogen) atoms. The Morgan fingerprint density at radius 1 is 1.53 bits per heavy atom. The number of ether oxygens (including phenoxy) is 1. The Labute approximate surface area is 117 Å². The lowest BCUT2D eigenvalue weighted by Crippen LogP contribution is -2.41. The second-order valence-electron chi connectivity index (χ2n) is 4.48. The molecule has 106 valence electrons. The van der Waals surface area contributed by atoms with Gasteiger partial charge in [0.1, 0.15) is 6.10 Å². The van der Waals surface area contributed by atoms with E-state index in [1.165, 1.54) is 11.3 Å². The van der Waals surface area contributed by atoms with Gasteiger partial charge in [-0.3, -0.25) is 4.79 Å². The largest absolute Gasteiger partial charge is 0.386 e. The van der Waals surface area contributed by atoms with Gasteiger partial charge < -0.3 is 20.1 Å². The second-order valence-corrected chi connectivity index (χ2v) is 5.46. The maximum absolute atomic E-state index is 11.8. The summed E-state index contributed by atoms with van der Waals surface area (Å²) in [5.74, 6) is 0.154. The highest BCUT2D eigenvalue weighted by atomic mass is 32.1. The molecule has 0 aromatic carbocycles. The van der Waals surface area contributed by atoms with Crippen molar-refractivity contribution in [2.24, 2.45) is 0 Å². The summed E-state index contributed by atoms with van der Waals surface area (Å²) in [6.07, 6.45) is -0.0181. The predicted molar refractivity (Wildman–Crippen MR) is 74.2 cm³/mol. The molecule has 0 bridgehead atoms. The molecule has 1 aliphatic heterocycles. The molecule has 5 nitrogen and oxygen atoms in total. The molecular formula is C13H20N2O3S. The number of hydrogen-bond acceptors (Lipinski definition) is 5. The Bertz CT molecular complexity index is 377. The lowest BCUT2D eigenvalue weighted by molar-refractivity contribution is -0.135. The van der Waals surface area contributed by atoms with Crippen LogP contribution in [0.1, 0.15) is 17.4 Å². The molecule has 2 N–H and O–H groups in total. The Morgan fingerprint density at radius 3 is 3.00 bits per heavy atom. The van der Waals surface area contributed by atoms with Gasteiger partial charge in [-0.1, -0.05) is 6.07 Å². The molecule has 6 heteroatoms. The number of nitrogens with one attached hydrogen (secondary N) is 1. The molecule has 1 aromatic heterocycles. The Hall–Kier alpha value is -0.950. The highest BCUT2D eigenvalue weighted by molar-refractivity contribution is 7.10. The first-order valence-corrected chi connectivity index (χ1v) is 7.43. The van der Waals surface area contributed by atoms with E-state index in [2.05, 4.69) is 5.32 Å². The van der Waals surface area contributed by atoms with Gasteiger partial charge in [0.25, 0.3) is 0 Å². The number of nitrogens with zero attached hydrogens (tertiary/aromatic N) is 1. The lowest BCUT2D eigenvalue weighted by atomic mass is 10.2. The van der Waals surface area contributed by atoms with Crippen molar-refractivity contribution in [3.05, 3.63) is 22.4 Å². The molecule has 1 amide bonds. The molecule has 2 heterocycles. The predicted octanol–water partition coefficient (Wildman–Crippen LogP) is 0.620. The number of rotatable bonds is 6. The number of aliphatic hydroxyl groups excluding tert-OH is 1. The van der Waals surface area contributed by atoms with Gasteiger partial charge >= 0.3 is 0 Å². The zero-order chi connectivity index (χ0) is 13.5. The lowest BCUT2D eigenvalue weighted by Gasteiger charge is -2.26. The third-order valence-corrected chi connectivity index (χ3v) is 4.06. The van der Waals surface area contributed by atoms with E-state index in [1.54, 1.807) is 0 Å². The van der Waals surface area contributed by atoms with Crippen molar-refractivity contribution < 1.29 is 14.6 Å². The SMILES string of the molecule is O=C(CCNCC(O)c1cccs1)N1CCOCC1. The fraction of sp³-hybridized carbons (Fsp3) is 0.615. The molecule has 1 fully saturated rings. The number of carbonyl (C=O) groups is 1. The van der Waals surface area contributed by atoms with Crippen LogP contribution >= 0.6 is 11.3 Å². The average molecular weight is 284 g/mol. The van der Waals surface area contributed by atoms with Gasteiger partial charge in [0.15, 0.2) is 0 Å². The topological polar surface area (TPSA) is 61.8 Å². The fourth-order valence-corrected chi connectivity index (χ4v) is 2.70. The van der Waals surface area contributed by atoms with E-state index in [1.807, 2.05) is 22.4 Å². The number of aliphatic hydroxyl groups is 1. The zero-order valence-corrected chi connectivity index (χ0v) is 11.7. The first kappa shape index (κ1) is 14.5. The number of morpholine rings is 1. The summed E-state index contributed by atoms with van der Waals surface area (Å²) in [5, 5.41) is 14.9. The molecule has 0 aliphatic carbocycles. The van der Waals surface area contributed by atoms with Crippen molar-refractivity contribution in [2.45, 2.75) is 12.5 Å². The molecule has 1 atom stereocenters. The van der Waals surface area contributed by atoms with Crippen molar-refractivity contribution >= 4 is 17.2 Å². The summed E-state index contributed by atoms with van der Waals surface area (Å²) in [7, 11) is 0. The number of carbonyl (C=O) groups excluding carboxylic acids is 1. The minimum absolute atomic E-state index is 0.154. The molecule has 2 rings (SSSR count). The van der Waals surface area contributed by atoms with Crippen molar-refractivity contribution in [3.63, 3.8) is 0 Å². The quantitative estimate of drug-likeness (QED) is 0.752. The summed E-state index contributed by atoms with van der Waals surface area (Å²) >= 11 is 1.54. The molecular weight excluding hydrogens is 264 g/mol. The van der Waals surface area contributed by atoms with E-state index in [4.69, 9.17) is 4.74 Å². The Morgan fingerprint density at radius 2 is 2.32 bits per heavy atom. The average Bonchev–Trinajstić information content (AvgIpc) is 2.98. The minimum atomic E-state index is -0.488. The normalized spacial score (nSPS) is 17.4. The van der Waals surface area contributed by atoms with Crippen LogP contribution in [-0.2, 0) is 9.53 Å². The molecule has 1 aliphatic rings. The van der Waals surface area contributed by atoms with Crippen molar-refractivity contribution in [3.8, 4) is 0 Å². The first-order chi connectivity index (χ1) is 9.27. The van der Waals surface area contributed by atoms with Crippen molar-refractivity contribution in [2.75, 3.05) is 39.4 Å². The van der Waals surface area contributed by atoms with Gasteiger partial charge in [0, 0.05) is 37.5 Å². The van der Waals surface area contributed by atoms with Crippen LogP contribution in [0, 0.1) is 0 Å². The van der Waals surface area contributed by atoms with Crippen LogP contribution in [0.5, 0.6) is 0 Å². The molecule has 1 aromatic rings. The van der Waals surface area contributed by atoms with Crippen LogP contribution in [0.2, 0.25) is 0 Å². The van der Waals surface area contributed by atoms with E-state index in [0.29, 0.717) is 45.8 Å². The maximum Gasteiger partial charge on any atom is 0.224 e. The summed E-state index contributed by atoms with van der Waals surface area (Å²) < 4.78 is 5.21. The summed E-state index contributed by atoms with van der Waals surface area (Å²) in [6, 6.07) is 3.83. The van der Waals surface area contributed by atoms with Gasteiger partial charge in [0.05, 0.1) is 13.2 Å². The molecule has 0 saturated carbocycles. The van der Waals surface area contributed by atoms with Gasteiger partial charge in [-0.05, 0) is 11.4 Å². The smallest absolute Gasteiger partial charge is 0.224 e. The number of thiophene rings is 1. The zero-order valence-electron chi connectivity index (χ0n) is 10.9. The van der Waals surface area contributed by atoms with E-state index < -0.39 is 6.10 Å². The van der Waals surface area contributed by atoms with Crippen LogP contribution in [0.4, 0.5) is 0 Å².